The van der Waals surface area contributed by atoms with Crippen LogP contribution in [0.2, 0.25) is 0 Å². The van der Waals surface area contributed by atoms with Crippen molar-refractivity contribution in [2.45, 2.75) is 38.4 Å². The number of urea groups is 1. The second-order valence-electron chi connectivity index (χ2n) is 7.06. The van der Waals surface area contributed by atoms with Crippen molar-refractivity contribution in [2.75, 3.05) is 13.1 Å². The number of hydrogen-bond acceptors (Lipinski definition) is 4. The molecule has 0 unspecified atom stereocenters. The summed E-state index contributed by atoms with van der Waals surface area (Å²) in [6, 6.07) is 4.30. The second-order valence-corrected chi connectivity index (χ2v) is 7.06. The van der Waals surface area contributed by atoms with Gasteiger partial charge in [0, 0.05) is 19.1 Å². The summed E-state index contributed by atoms with van der Waals surface area (Å²) >= 11 is 0. The lowest BCUT2D eigenvalue weighted by atomic mass is 9.99. The van der Waals surface area contributed by atoms with Gasteiger partial charge >= 0.3 is 6.03 Å². The first-order valence-corrected chi connectivity index (χ1v) is 8.41. The normalized spacial score (nSPS) is 24.2. The number of carbonyl (C=O) groups is 2. The van der Waals surface area contributed by atoms with Crippen molar-refractivity contribution in [1.82, 2.24) is 25.1 Å². The van der Waals surface area contributed by atoms with E-state index in [0.717, 1.165) is 0 Å². The van der Waals surface area contributed by atoms with Gasteiger partial charge in [-0.1, -0.05) is 6.07 Å². The molecule has 8 heteroatoms. The molecular formula is C17H20FN5O2. The van der Waals surface area contributed by atoms with E-state index in [4.69, 9.17) is 0 Å². The Morgan fingerprint density at radius 1 is 1.36 bits per heavy atom. The van der Waals surface area contributed by atoms with Gasteiger partial charge in [0.1, 0.15) is 16.9 Å². The van der Waals surface area contributed by atoms with Gasteiger partial charge in [-0.25, -0.2) is 14.2 Å². The predicted molar refractivity (Wildman–Crippen MR) is 89.2 cm³/mol. The predicted octanol–water partition coefficient (Wildman–Crippen LogP) is 1.61. The van der Waals surface area contributed by atoms with E-state index in [9.17, 15) is 14.0 Å². The van der Waals surface area contributed by atoms with Gasteiger partial charge in [-0.05, 0) is 32.4 Å². The highest BCUT2D eigenvalue weighted by Crippen LogP contribution is 2.30. The maximum Gasteiger partial charge on any atom is 0.325 e. The summed E-state index contributed by atoms with van der Waals surface area (Å²) < 4.78 is 13.8. The van der Waals surface area contributed by atoms with Gasteiger partial charge < -0.3 is 10.3 Å². The number of imide groups is 1. The minimum Gasteiger partial charge on any atom is -0.341 e. The van der Waals surface area contributed by atoms with Crippen molar-refractivity contribution in [3.63, 3.8) is 0 Å². The van der Waals surface area contributed by atoms with E-state index in [2.05, 4.69) is 20.2 Å². The minimum atomic E-state index is -0.849. The van der Waals surface area contributed by atoms with Crippen molar-refractivity contribution in [3.8, 4) is 0 Å². The van der Waals surface area contributed by atoms with Crippen LogP contribution in [-0.4, -0.2) is 56.4 Å². The lowest BCUT2D eigenvalue weighted by molar-refractivity contribution is -0.132. The van der Waals surface area contributed by atoms with E-state index < -0.39 is 5.54 Å². The Balaban J connectivity index is 1.52. The average molecular weight is 345 g/mol. The summed E-state index contributed by atoms with van der Waals surface area (Å²) in [6.45, 7) is 5.22. The first-order chi connectivity index (χ1) is 11.9. The third-order valence-electron chi connectivity index (χ3n) is 4.94. The molecule has 132 valence electrons. The van der Waals surface area contributed by atoms with Crippen LogP contribution in [0.15, 0.2) is 18.2 Å². The van der Waals surface area contributed by atoms with Crippen molar-refractivity contribution in [2.24, 2.45) is 0 Å². The number of rotatable bonds is 3. The summed E-state index contributed by atoms with van der Waals surface area (Å²) in [5.41, 5.74) is 0.126. The van der Waals surface area contributed by atoms with Gasteiger partial charge in [-0.2, -0.15) is 0 Å². The number of carbonyl (C=O) groups excluding carboxylic acids is 2. The highest BCUT2D eigenvalue weighted by molar-refractivity contribution is 6.07. The molecule has 1 spiro atoms. The smallest absolute Gasteiger partial charge is 0.325 e. The molecule has 0 aliphatic carbocycles. The largest absolute Gasteiger partial charge is 0.341 e. The molecule has 7 nitrogen and oxygen atoms in total. The number of aromatic nitrogens is 2. The summed E-state index contributed by atoms with van der Waals surface area (Å²) in [5, 5.41) is 2.87. The van der Waals surface area contributed by atoms with Crippen molar-refractivity contribution >= 4 is 23.0 Å². The van der Waals surface area contributed by atoms with Crippen LogP contribution < -0.4 is 5.32 Å². The molecule has 2 aliphatic rings. The topological polar surface area (TPSA) is 81.3 Å². The van der Waals surface area contributed by atoms with Crippen molar-refractivity contribution < 1.29 is 14.0 Å². The van der Waals surface area contributed by atoms with Crippen molar-refractivity contribution in [1.29, 1.82) is 0 Å². The fourth-order valence-corrected chi connectivity index (χ4v) is 3.75. The average Bonchev–Trinajstić information content (AvgIpc) is 3.18. The van der Waals surface area contributed by atoms with Crippen LogP contribution in [0.25, 0.3) is 11.0 Å². The van der Waals surface area contributed by atoms with E-state index in [1.807, 2.05) is 13.8 Å². The van der Waals surface area contributed by atoms with Crippen molar-refractivity contribution in [3.05, 3.63) is 29.8 Å². The first kappa shape index (κ1) is 16.0. The van der Waals surface area contributed by atoms with Gasteiger partial charge in [0.2, 0.25) is 0 Å². The van der Waals surface area contributed by atoms with Crippen LogP contribution in [0.5, 0.6) is 0 Å². The van der Waals surface area contributed by atoms with E-state index in [1.165, 1.54) is 11.0 Å². The first-order valence-electron chi connectivity index (χ1n) is 8.41. The number of amides is 3. The lowest BCUT2D eigenvalue weighted by Crippen LogP contribution is -2.49. The number of benzene rings is 1. The quantitative estimate of drug-likeness (QED) is 0.828. The van der Waals surface area contributed by atoms with Crippen LogP contribution >= 0.6 is 0 Å². The Labute approximate surface area is 144 Å². The molecular weight excluding hydrogens is 325 g/mol. The zero-order valence-corrected chi connectivity index (χ0v) is 14.2. The Morgan fingerprint density at radius 3 is 2.84 bits per heavy atom. The molecule has 1 atom stereocenters. The lowest BCUT2D eigenvalue weighted by Gasteiger charge is -2.22. The minimum absolute atomic E-state index is 0.161. The standard InChI is InChI=1S/C17H20FN5O2/c1-10(2)23-15(24)17(21-16(23)25)6-7-22(9-17)8-13-19-12-5-3-4-11(18)14(12)20-13/h3-5,10H,6-9H2,1-2H3,(H,19,20)(H,21,25)/t17-/m0/s1. The SMILES string of the molecule is CC(C)N1C(=O)N[C@]2(CCN(Cc3nc4c(F)cccc4[nH]3)C2)C1=O. The number of para-hydroxylation sites is 1. The van der Waals surface area contributed by atoms with Gasteiger partial charge in [-0.3, -0.25) is 14.6 Å². The molecule has 2 N–H and O–H groups in total. The molecule has 1 aromatic heterocycles. The highest BCUT2D eigenvalue weighted by atomic mass is 19.1. The fourth-order valence-electron chi connectivity index (χ4n) is 3.75. The zero-order valence-electron chi connectivity index (χ0n) is 14.2. The van der Waals surface area contributed by atoms with Crippen LogP contribution in [0.1, 0.15) is 26.1 Å². The molecule has 3 heterocycles. The summed E-state index contributed by atoms with van der Waals surface area (Å²) in [5.74, 6) is 0.129. The molecule has 25 heavy (non-hydrogen) atoms. The third kappa shape index (κ3) is 2.48. The number of hydrogen-bond donors (Lipinski definition) is 2. The van der Waals surface area contributed by atoms with Gasteiger partial charge in [0.15, 0.2) is 5.82 Å². The maximum absolute atomic E-state index is 13.8. The number of nitrogens with one attached hydrogen (secondary N) is 2. The molecule has 2 aliphatic heterocycles. The highest BCUT2D eigenvalue weighted by Gasteiger charge is 2.55. The molecule has 0 bridgehead atoms. The van der Waals surface area contributed by atoms with Gasteiger partial charge in [0.05, 0.1) is 12.1 Å². The summed E-state index contributed by atoms with van der Waals surface area (Å²) in [4.78, 5) is 35.6. The van der Waals surface area contributed by atoms with Crippen LogP contribution in [0, 0.1) is 5.82 Å². The third-order valence-corrected chi connectivity index (χ3v) is 4.94. The molecule has 2 fully saturated rings. The molecule has 2 saturated heterocycles. The zero-order chi connectivity index (χ0) is 17.8. The van der Waals surface area contributed by atoms with E-state index in [1.54, 1.807) is 12.1 Å². The number of H-pyrrole nitrogens is 1. The molecule has 0 radical (unpaired) electrons. The number of halogens is 1. The molecule has 2 aromatic rings. The Bertz CT molecular complexity index is 864. The number of fused-ring (bicyclic) bond motifs is 1. The van der Waals surface area contributed by atoms with E-state index in [-0.39, 0.29) is 23.8 Å². The Hall–Kier alpha value is -2.48. The number of imidazole rings is 1. The van der Waals surface area contributed by atoms with E-state index in [0.29, 0.717) is 42.9 Å². The fraction of sp³-hybridized carbons (Fsp3) is 0.471. The second kappa shape index (κ2) is 5.52. The van der Waals surface area contributed by atoms with E-state index >= 15 is 0 Å². The number of nitrogens with zero attached hydrogens (tertiary/aromatic N) is 3. The molecule has 3 amide bonds. The molecule has 0 saturated carbocycles. The van der Waals surface area contributed by atoms with Gasteiger partial charge in [-0.15, -0.1) is 0 Å². The van der Waals surface area contributed by atoms with Crippen LogP contribution in [0.3, 0.4) is 0 Å². The summed E-state index contributed by atoms with van der Waals surface area (Å²) in [6.07, 6.45) is 0.565. The molecule has 1 aromatic carbocycles. The number of aromatic amines is 1. The number of likely N-dealkylation sites (tertiary alicyclic amines) is 1. The Morgan fingerprint density at radius 2 is 2.16 bits per heavy atom. The maximum atomic E-state index is 13.8. The Kier molecular flexibility index (Phi) is 3.54. The van der Waals surface area contributed by atoms with Gasteiger partial charge in [0.25, 0.3) is 5.91 Å². The summed E-state index contributed by atoms with van der Waals surface area (Å²) in [7, 11) is 0. The molecule has 4 rings (SSSR count). The van der Waals surface area contributed by atoms with Crippen LogP contribution in [-0.2, 0) is 11.3 Å². The van der Waals surface area contributed by atoms with Crippen LogP contribution in [0.4, 0.5) is 9.18 Å². The monoisotopic (exact) mass is 345 g/mol.